The van der Waals surface area contributed by atoms with Gasteiger partial charge in [0.05, 0.1) is 7.11 Å². The number of carbonyl (C=O) groups excluding carboxylic acids is 1. The molecule has 1 amide bonds. The lowest BCUT2D eigenvalue weighted by atomic mass is 10.1. The first kappa shape index (κ1) is 13.4. The van der Waals surface area contributed by atoms with Gasteiger partial charge in [0.25, 0.3) is 0 Å². The first-order valence-electron chi connectivity index (χ1n) is 5.61. The Balaban J connectivity index is 2.56. The molecule has 0 aliphatic carbocycles. The number of ether oxygens (including phenoxy) is 2. The second-order valence-electron chi connectivity index (χ2n) is 4.36. The predicted molar refractivity (Wildman–Crippen MR) is 67.5 cm³/mol. The number of carbonyl (C=O) groups is 1. The van der Waals surface area contributed by atoms with Crippen molar-refractivity contribution in [2.75, 3.05) is 12.4 Å². The van der Waals surface area contributed by atoms with Crippen LogP contribution in [0.3, 0.4) is 0 Å². The maximum absolute atomic E-state index is 11.6. The predicted octanol–water partition coefficient (Wildman–Crippen LogP) is 3.43. The van der Waals surface area contributed by atoms with E-state index in [9.17, 15) is 4.79 Å². The molecule has 94 valence electrons. The van der Waals surface area contributed by atoms with E-state index in [4.69, 9.17) is 9.47 Å². The minimum absolute atomic E-state index is 0.443. The third kappa shape index (κ3) is 4.34. The summed E-state index contributed by atoms with van der Waals surface area (Å²) < 4.78 is 10.3. The zero-order valence-electron chi connectivity index (χ0n) is 10.7. The zero-order valence-corrected chi connectivity index (χ0v) is 10.7. The minimum Gasteiger partial charge on any atom is -0.497 e. The second kappa shape index (κ2) is 5.57. The summed E-state index contributed by atoms with van der Waals surface area (Å²) in [6.45, 7) is 5.72. The molecule has 4 heteroatoms. The van der Waals surface area contributed by atoms with Crippen LogP contribution < -0.4 is 10.1 Å². The highest BCUT2D eigenvalue weighted by Crippen LogP contribution is 2.17. The van der Waals surface area contributed by atoms with Gasteiger partial charge in [0, 0.05) is 5.69 Å². The van der Waals surface area contributed by atoms with E-state index in [0.29, 0.717) is 5.69 Å². The standard InChI is InChI=1S/C13H19NO3/c1-5-13(2,3)17-12(15)14-10-6-8-11(16-4)9-7-10/h6-9H,5H2,1-4H3,(H,14,15). The van der Waals surface area contributed by atoms with Crippen LogP contribution in [0.4, 0.5) is 10.5 Å². The summed E-state index contributed by atoms with van der Waals surface area (Å²) >= 11 is 0. The van der Waals surface area contributed by atoms with E-state index in [1.165, 1.54) is 0 Å². The van der Waals surface area contributed by atoms with E-state index in [0.717, 1.165) is 12.2 Å². The molecule has 0 spiro atoms. The van der Waals surface area contributed by atoms with Crippen molar-refractivity contribution in [3.63, 3.8) is 0 Å². The fourth-order valence-corrected chi connectivity index (χ4v) is 1.14. The summed E-state index contributed by atoms with van der Waals surface area (Å²) in [6, 6.07) is 7.08. The fraction of sp³-hybridized carbons (Fsp3) is 0.462. The van der Waals surface area contributed by atoms with E-state index in [1.807, 2.05) is 20.8 Å². The molecule has 0 aromatic heterocycles. The van der Waals surface area contributed by atoms with E-state index >= 15 is 0 Å². The average Bonchev–Trinajstić information content (AvgIpc) is 2.29. The Hall–Kier alpha value is -1.71. The van der Waals surface area contributed by atoms with E-state index in [-0.39, 0.29) is 0 Å². The van der Waals surface area contributed by atoms with Crippen molar-refractivity contribution in [1.82, 2.24) is 0 Å². The smallest absolute Gasteiger partial charge is 0.412 e. The zero-order chi connectivity index (χ0) is 12.9. The molecule has 0 heterocycles. The van der Waals surface area contributed by atoms with Crippen molar-refractivity contribution >= 4 is 11.8 Å². The van der Waals surface area contributed by atoms with Gasteiger partial charge in [0.2, 0.25) is 0 Å². The number of amides is 1. The van der Waals surface area contributed by atoms with Crippen LogP contribution in [0.2, 0.25) is 0 Å². The quantitative estimate of drug-likeness (QED) is 0.872. The number of benzene rings is 1. The molecule has 0 saturated carbocycles. The van der Waals surface area contributed by atoms with Crippen molar-refractivity contribution in [3.8, 4) is 5.75 Å². The van der Waals surface area contributed by atoms with Gasteiger partial charge >= 0.3 is 6.09 Å². The Morgan fingerprint density at radius 2 is 1.88 bits per heavy atom. The molecule has 0 bridgehead atoms. The van der Waals surface area contributed by atoms with Gasteiger partial charge in [-0.25, -0.2) is 4.79 Å². The topological polar surface area (TPSA) is 47.6 Å². The van der Waals surface area contributed by atoms with Gasteiger partial charge in [-0.05, 0) is 44.5 Å². The van der Waals surface area contributed by atoms with E-state index < -0.39 is 11.7 Å². The molecule has 0 fully saturated rings. The van der Waals surface area contributed by atoms with Crippen LogP contribution >= 0.6 is 0 Å². The van der Waals surface area contributed by atoms with Gasteiger partial charge in [0.15, 0.2) is 0 Å². The Kier molecular flexibility index (Phi) is 4.37. The van der Waals surface area contributed by atoms with Crippen LogP contribution in [0.25, 0.3) is 0 Å². The fourth-order valence-electron chi connectivity index (χ4n) is 1.14. The monoisotopic (exact) mass is 237 g/mol. The molecular formula is C13H19NO3. The van der Waals surface area contributed by atoms with E-state index in [2.05, 4.69) is 5.32 Å². The lowest BCUT2D eigenvalue weighted by Gasteiger charge is -2.23. The van der Waals surface area contributed by atoms with Crippen molar-refractivity contribution in [2.24, 2.45) is 0 Å². The van der Waals surface area contributed by atoms with Gasteiger partial charge in [-0.15, -0.1) is 0 Å². The van der Waals surface area contributed by atoms with Crippen LogP contribution in [0.15, 0.2) is 24.3 Å². The third-order valence-corrected chi connectivity index (χ3v) is 2.56. The Morgan fingerprint density at radius 3 is 2.35 bits per heavy atom. The molecule has 1 aromatic carbocycles. The molecule has 0 radical (unpaired) electrons. The summed E-state index contributed by atoms with van der Waals surface area (Å²) in [7, 11) is 1.60. The molecule has 17 heavy (non-hydrogen) atoms. The highest BCUT2D eigenvalue weighted by atomic mass is 16.6. The average molecular weight is 237 g/mol. The molecule has 0 unspecified atom stereocenters. The number of methoxy groups -OCH3 is 1. The molecule has 0 aliphatic heterocycles. The number of hydrogen-bond donors (Lipinski definition) is 1. The van der Waals surface area contributed by atoms with Crippen LogP contribution in [0.5, 0.6) is 5.75 Å². The number of hydrogen-bond acceptors (Lipinski definition) is 3. The lowest BCUT2D eigenvalue weighted by Crippen LogP contribution is -2.29. The van der Waals surface area contributed by atoms with Crippen molar-refractivity contribution in [3.05, 3.63) is 24.3 Å². The Bertz CT molecular complexity index is 371. The molecule has 1 N–H and O–H groups in total. The molecule has 1 rings (SSSR count). The second-order valence-corrected chi connectivity index (χ2v) is 4.36. The Labute approximate surface area is 102 Å². The minimum atomic E-state index is -0.448. The van der Waals surface area contributed by atoms with Crippen molar-refractivity contribution in [2.45, 2.75) is 32.8 Å². The van der Waals surface area contributed by atoms with Gasteiger partial charge in [0.1, 0.15) is 11.4 Å². The summed E-state index contributed by atoms with van der Waals surface area (Å²) in [5, 5.41) is 2.67. The largest absolute Gasteiger partial charge is 0.497 e. The SMILES string of the molecule is CCC(C)(C)OC(=O)Nc1ccc(OC)cc1. The van der Waals surface area contributed by atoms with Gasteiger partial charge < -0.3 is 9.47 Å². The number of rotatable bonds is 4. The normalized spacial score (nSPS) is 10.8. The van der Waals surface area contributed by atoms with Crippen LogP contribution in [0.1, 0.15) is 27.2 Å². The lowest BCUT2D eigenvalue weighted by molar-refractivity contribution is 0.0462. The maximum Gasteiger partial charge on any atom is 0.412 e. The van der Waals surface area contributed by atoms with Crippen LogP contribution in [-0.2, 0) is 4.74 Å². The molecular weight excluding hydrogens is 218 g/mol. The summed E-state index contributed by atoms with van der Waals surface area (Å²) in [5.74, 6) is 0.748. The molecule has 0 aliphatic rings. The maximum atomic E-state index is 11.6. The first-order chi connectivity index (χ1) is 7.96. The highest BCUT2D eigenvalue weighted by molar-refractivity contribution is 5.84. The van der Waals surface area contributed by atoms with Gasteiger partial charge in [-0.2, -0.15) is 0 Å². The summed E-state index contributed by atoms with van der Waals surface area (Å²) in [4.78, 5) is 11.6. The molecule has 0 atom stereocenters. The van der Waals surface area contributed by atoms with E-state index in [1.54, 1.807) is 31.4 Å². The summed E-state index contributed by atoms with van der Waals surface area (Å²) in [6.07, 6.45) is 0.324. The summed E-state index contributed by atoms with van der Waals surface area (Å²) in [5.41, 5.74) is 0.235. The number of nitrogens with one attached hydrogen (secondary N) is 1. The Morgan fingerprint density at radius 1 is 1.29 bits per heavy atom. The van der Waals surface area contributed by atoms with Crippen LogP contribution in [0, 0.1) is 0 Å². The first-order valence-corrected chi connectivity index (χ1v) is 5.61. The molecule has 4 nitrogen and oxygen atoms in total. The third-order valence-electron chi connectivity index (χ3n) is 2.56. The molecule has 0 saturated heterocycles. The number of anilines is 1. The highest BCUT2D eigenvalue weighted by Gasteiger charge is 2.20. The molecule has 1 aromatic rings. The van der Waals surface area contributed by atoms with Crippen molar-refractivity contribution < 1.29 is 14.3 Å². The van der Waals surface area contributed by atoms with Gasteiger partial charge in [-0.3, -0.25) is 5.32 Å². The van der Waals surface area contributed by atoms with Crippen molar-refractivity contribution in [1.29, 1.82) is 0 Å². The van der Waals surface area contributed by atoms with Crippen LogP contribution in [-0.4, -0.2) is 18.8 Å². The van der Waals surface area contributed by atoms with Gasteiger partial charge in [-0.1, -0.05) is 6.92 Å².